The SMILES string of the molecule is COC1(C(N)Cc2cccc(F)c2Br)CCCCC1. The summed E-state index contributed by atoms with van der Waals surface area (Å²) in [6.07, 6.45) is 6.20. The quantitative estimate of drug-likeness (QED) is 0.911. The molecule has 1 aromatic rings. The van der Waals surface area contributed by atoms with E-state index < -0.39 is 0 Å². The summed E-state index contributed by atoms with van der Waals surface area (Å²) < 4.78 is 19.8. The van der Waals surface area contributed by atoms with E-state index in [0.717, 1.165) is 31.2 Å². The fraction of sp³-hybridized carbons (Fsp3) is 0.600. The zero-order chi connectivity index (χ0) is 13.9. The molecule has 1 unspecified atom stereocenters. The third-order valence-electron chi connectivity index (χ3n) is 4.25. The molecule has 19 heavy (non-hydrogen) atoms. The summed E-state index contributed by atoms with van der Waals surface area (Å²) in [6, 6.07) is 4.99. The normalized spacial score (nSPS) is 20.2. The van der Waals surface area contributed by atoms with Gasteiger partial charge in [-0.1, -0.05) is 31.4 Å². The molecule has 0 spiro atoms. The van der Waals surface area contributed by atoms with E-state index in [1.54, 1.807) is 13.2 Å². The summed E-state index contributed by atoms with van der Waals surface area (Å²) in [5, 5.41) is 0. The smallest absolute Gasteiger partial charge is 0.137 e. The molecule has 1 aliphatic carbocycles. The van der Waals surface area contributed by atoms with Gasteiger partial charge in [-0.15, -0.1) is 0 Å². The molecule has 2 rings (SSSR count). The molecule has 0 saturated heterocycles. The van der Waals surface area contributed by atoms with Crippen molar-refractivity contribution in [3.63, 3.8) is 0 Å². The Labute approximate surface area is 122 Å². The number of nitrogens with two attached hydrogens (primary N) is 1. The van der Waals surface area contributed by atoms with Crippen LogP contribution in [0.25, 0.3) is 0 Å². The zero-order valence-electron chi connectivity index (χ0n) is 11.3. The van der Waals surface area contributed by atoms with E-state index in [9.17, 15) is 4.39 Å². The topological polar surface area (TPSA) is 35.2 Å². The van der Waals surface area contributed by atoms with Gasteiger partial charge in [-0.2, -0.15) is 0 Å². The van der Waals surface area contributed by atoms with Crippen molar-refractivity contribution in [2.45, 2.75) is 50.2 Å². The lowest BCUT2D eigenvalue weighted by Gasteiger charge is -2.41. The van der Waals surface area contributed by atoms with Crippen LogP contribution in [0.5, 0.6) is 0 Å². The largest absolute Gasteiger partial charge is 0.377 e. The molecule has 0 heterocycles. The average molecular weight is 330 g/mol. The highest BCUT2D eigenvalue weighted by molar-refractivity contribution is 9.10. The Balaban J connectivity index is 2.15. The monoisotopic (exact) mass is 329 g/mol. The lowest BCUT2D eigenvalue weighted by atomic mass is 9.77. The van der Waals surface area contributed by atoms with Crippen LogP contribution in [0.1, 0.15) is 37.7 Å². The molecule has 1 saturated carbocycles. The Morgan fingerprint density at radius 1 is 1.37 bits per heavy atom. The third kappa shape index (κ3) is 3.18. The summed E-state index contributed by atoms with van der Waals surface area (Å²) in [6.45, 7) is 0. The van der Waals surface area contributed by atoms with Crippen molar-refractivity contribution in [2.24, 2.45) is 5.73 Å². The number of rotatable bonds is 4. The molecule has 0 aliphatic heterocycles. The van der Waals surface area contributed by atoms with Gasteiger partial charge in [0, 0.05) is 13.2 Å². The van der Waals surface area contributed by atoms with Gasteiger partial charge in [0.15, 0.2) is 0 Å². The summed E-state index contributed by atoms with van der Waals surface area (Å²) in [5.41, 5.74) is 7.04. The van der Waals surface area contributed by atoms with Gasteiger partial charge >= 0.3 is 0 Å². The Morgan fingerprint density at radius 2 is 2.05 bits per heavy atom. The first kappa shape index (κ1) is 14.9. The number of hydrogen-bond acceptors (Lipinski definition) is 2. The molecule has 0 amide bonds. The maximum atomic E-state index is 13.5. The van der Waals surface area contributed by atoms with E-state index >= 15 is 0 Å². The van der Waals surface area contributed by atoms with Gasteiger partial charge in [0.25, 0.3) is 0 Å². The summed E-state index contributed by atoms with van der Waals surface area (Å²) in [7, 11) is 1.74. The minimum Gasteiger partial charge on any atom is -0.377 e. The van der Waals surface area contributed by atoms with Crippen molar-refractivity contribution < 1.29 is 9.13 Å². The molecule has 106 valence electrons. The fourth-order valence-electron chi connectivity index (χ4n) is 3.01. The first-order valence-corrected chi connectivity index (χ1v) is 7.62. The highest BCUT2D eigenvalue weighted by Gasteiger charge is 2.38. The molecular formula is C15H21BrFNO. The Kier molecular flexibility index (Phi) is 4.98. The average Bonchev–Trinajstić information content (AvgIpc) is 2.44. The molecule has 1 fully saturated rings. The van der Waals surface area contributed by atoms with Gasteiger partial charge in [0.1, 0.15) is 5.82 Å². The van der Waals surface area contributed by atoms with Crippen LogP contribution in [-0.2, 0) is 11.2 Å². The molecule has 2 N–H and O–H groups in total. The van der Waals surface area contributed by atoms with E-state index in [1.165, 1.54) is 12.5 Å². The predicted octanol–water partition coefficient (Wildman–Crippen LogP) is 3.81. The first-order valence-electron chi connectivity index (χ1n) is 6.83. The minimum absolute atomic E-state index is 0.101. The number of hydrogen-bond donors (Lipinski definition) is 1. The van der Waals surface area contributed by atoms with Crippen LogP contribution in [0.4, 0.5) is 4.39 Å². The lowest BCUT2D eigenvalue weighted by molar-refractivity contribution is -0.0583. The van der Waals surface area contributed by atoms with E-state index in [4.69, 9.17) is 10.5 Å². The van der Waals surface area contributed by atoms with Gasteiger partial charge in [-0.3, -0.25) is 0 Å². The second-order valence-electron chi connectivity index (χ2n) is 5.35. The van der Waals surface area contributed by atoms with Crippen LogP contribution in [0, 0.1) is 5.82 Å². The summed E-state index contributed by atoms with van der Waals surface area (Å²) >= 11 is 3.30. The van der Waals surface area contributed by atoms with Gasteiger partial charge in [-0.05, 0) is 46.8 Å². The van der Waals surface area contributed by atoms with Gasteiger partial charge in [-0.25, -0.2) is 4.39 Å². The Hall–Kier alpha value is -0.450. The lowest BCUT2D eigenvalue weighted by Crippen LogP contribution is -2.52. The minimum atomic E-state index is -0.246. The molecule has 1 aromatic carbocycles. The van der Waals surface area contributed by atoms with E-state index in [2.05, 4.69) is 15.9 Å². The van der Waals surface area contributed by atoms with Crippen LogP contribution in [0.15, 0.2) is 22.7 Å². The van der Waals surface area contributed by atoms with E-state index in [0.29, 0.717) is 10.9 Å². The van der Waals surface area contributed by atoms with Crippen molar-refractivity contribution in [3.05, 3.63) is 34.1 Å². The van der Waals surface area contributed by atoms with Crippen LogP contribution in [0.2, 0.25) is 0 Å². The number of methoxy groups -OCH3 is 1. The standard InChI is InChI=1S/C15H21BrFNO/c1-19-15(8-3-2-4-9-15)13(18)10-11-6-5-7-12(17)14(11)16/h5-7,13H,2-4,8-10,18H2,1H3. The van der Waals surface area contributed by atoms with Gasteiger partial charge in [0.05, 0.1) is 10.1 Å². The van der Waals surface area contributed by atoms with E-state index in [1.807, 2.05) is 6.07 Å². The molecule has 4 heteroatoms. The van der Waals surface area contributed by atoms with Crippen molar-refractivity contribution >= 4 is 15.9 Å². The van der Waals surface area contributed by atoms with Crippen molar-refractivity contribution in [1.82, 2.24) is 0 Å². The second kappa shape index (κ2) is 6.33. The molecule has 1 aliphatic rings. The van der Waals surface area contributed by atoms with E-state index in [-0.39, 0.29) is 17.5 Å². The van der Waals surface area contributed by atoms with Crippen LogP contribution in [0.3, 0.4) is 0 Å². The highest BCUT2D eigenvalue weighted by atomic mass is 79.9. The maximum absolute atomic E-state index is 13.5. The molecule has 0 radical (unpaired) electrons. The fourth-order valence-corrected chi connectivity index (χ4v) is 3.43. The zero-order valence-corrected chi connectivity index (χ0v) is 12.9. The van der Waals surface area contributed by atoms with Crippen LogP contribution < -0.4 is 5.73 Å². The molecule has 2 nitrogen and oxygen atoms in total. The molecule has 1 atom stereocenters. The number of halogens is 2. The highest BCUT2D eigenvalue weighted by Crippen LogP contribution is 2.35. The van der Waals surface area contributed by atoms with Crippen LogP contribution in [-0.4, -0.2) is 18.8 Å². The first-order chi connectivity index (χ1) is 9.09. The van der Waals surface area contributed by atoms with Crippen molar-refractivity contribution in [2.75, 3.05) is 7.11 Å². The molecular weight excluding hydrogens is 309 g/mol. The molecule has 0 bridgehead atoms. The second-order valence-corrected chi connectivity index (χ2v) is 6.15. The number of benzene rings is 1. The van der Waals surface area contributed by atoms with Crippen molar-refractivity contribution in [3.8, 4) is 0 Å². The summed E-state index contributed by atoms with van der Waals surface area (Å²) in [5.74, 6) is -0.236. The van der Waals surface area contributed by atoms with Crippen LogP contribution >= 0.6 is 15.9 Å². The number of ether oxygens (including phenoxy) is 1. The third-order valence-corrected chi connectivity index (χ3v) is 5.14. The Bertz CT molecular complexity index is 432. The Morgan fingerprint density at radius 3 is 2.68 bits per heavy atom. The summed E-state index contributed by atoms with van der Waals surface area (Å²) in [4.78, 5) is 0. The predicted molar refractivity (Wildman–Crippen MR) is 78.6 cm³/mol. The molecule has 0 aromatic heterocycles. The maximum Gasteiger partial charge on any atom is 0.137 e. The van der Waals surface area contributed by atoms with Gasteiger partial charge in [0.2, 0.25) is 0 Å². The van der Waals surface area contributed by atoms with Gasteiger partial charge < -0.3 is 10.5 Å². The van der Waals surface area contributed by atoms with Crippen molar-refractivity contribution in [1.29, 1.82) is 0 Å².